The van der Waals surface area contributed by atoms with Crippen LogP contribution in [0, 0.1) is 0 Å². The van der Waals surface area contributed by atoms with E-state index in [9.17, 15) is 9.90 Å². The number of carboxylic acid groups (broad SMARTS) is 1. The van der Waals surface area contributed by atoms with Crippen LogP contribution in [0.15, 0.2) is 18.2 Å². The molecular weight excluding hydrogens is 290 g/mol. The van der Waals surface area contributed by atoms with Crippen LogP contribution in [-0.2, 0) is 4.79 Å². The van der Waals surface area contributed by atoms with Gasteiger partial charge < -0.3 is 14.7 Å². The van der Waals surface area contributed by atoms with Crippen LogP contribution in [0.1, 0.15) is 64.9 Å². The van der Waals surface area contributed by atoms with Gasteiger partial charge >= 0.3 is 5.97 Å². The topological polar surface area (TPSA) is 49.8 Å². The van der Waals surface area contributed by atoms with Crippen LogP contribution in [0.3, 0.4) is 0 Å². The quantitative estimate of drug-likeness (QED) is 0.842. The van der Waals surface area contributed by atoms with Crippen LogP contribution in [0.25, 0.3) is 0 Å². The van der Waals surface area contributed by atoms with Gasteiger partial charge in [0, 0.05) is 17.3 Å². The molecule has 2 rings (SSSR count). The van der Waals surface area contributed by atoms with Gasteiger partial charge in [0.1, 0.15) is 11.8 Å². The molecule has 23 heavy (non-hydrogen) atoms. The molecule has 0 aliphatic carbocycles. The Morgan fingerprint density at radius 3 is 2.74 bits per heavy atom. The Kier molecular flexibility index (Phi) is 5.23. The molecule has 0 spiro atoms. The Morgan fingerprint density at radius 2 is 2.17 bits per heavy atom. The van der Waals surface area contributed by atoms with E-state index in [2.05, 4.69) is 38.7 Å². The predicted octanol–water partition coefficient (Wildman–Crippen LogP) is 4.43. The highest BCUT2D eigenvalue weighted by Gasteiger charge is 2.42. The van der Waals surface area contributed by atoms with E-state index in [0.29, 0.717) is 12.3 Å². The van der Waals surface area contributed by atoms with Gasteiger partial charge in [-0.2, -0.15) is 0 Å². The molecule has 0 saturated heterocycles. The Morgan fingerprint density at radius 1 is 1.48 bits per heavy atom. The van der Waals surface area contributed by atoms with Crippen LogP contribution in [0.4, 0.5) is 5.69 Å². The Balaban J connectivity index is 2.54. The summed E-state index contributed by atoms with van der Waals surface area (Å²) in [5.41, 5.74) is 2.03. The molecule has 4 nitrogen and oxygen atoms in total. The zero-order valence-corrected chi connectivity index (χ0v) is 14.9. The SMILES string of the molecule is CCCC[C@@H](C(=O)O)N1c2cc(OC)ccc2[C@H](C)CC1(C)C. The second-order valence-corrected chi connectivity index (χ2v) is 7.21. The van der Waals surface area contributed by atoms with Crippen molar-refractivity contribution in [2.75, 3.05) is 12.0 Å². The first-order valence-electron chi connectivity index (χ1n) is 8.52. The number of fused-ring (bicyclic) bond motifs is 1. The molecule has 1 heterocycles. The van der Waals surface area contributed by atoms with Crippen molar-refractivity contribution in [2.45, 2.75) is 70.9 Å². The molecule has 0 fully saturated rings. The minimum atomic E-state index is -0.741. The molecule has 1 aromatic carbocycles. The molecule has 0 unspecified atom stereocenters. The van der Waals surface area contributed by atoms with E-state index < -0.39 is 12.0 Å². The number of benzene rings is 1. The summed E-state index contributed by atoms with van der Waals surface area (Å²) in [6, 6.07) is 5.55. The van der Waals surface area contributed by atoms with Gasteiger partial charge in [0.2, 0.25) is 0 Å². The number of carbonyl (C=O) groups is 1. The number of unbranched alkanes of at least 4 members (excludes halogenated alkanes) is 1. The van der Waals surface area contributed by atoms with Gasteiger partial charge in [0.15, 0.2) is 0 Å². The van der Waals surface area contributed by atoms with Crippen LogP contribution < -0.4 is 9.64 Å². The van der Waals surface area contributed by atoms with E-state index in [1.165, 1.54) is 5.56 Å². The molecule has 0 saturated carbocycles. The highest BCUT2D eigenvalue weighted by atomic mass is 16.5. The fraction of sp³-hybridized carbons (Fsp3) is 0.632. The third kappa shape index (κ3) is 3.46. The number of hydrogen-bond donors (Lipinski definition) is 1. The number of methoxy groups -OCH3 is 1. The lowest BCUT2D eigenvalue weighted by molar-refractivity contribution is -0.139. The molecule has 0 radical (unpaired) electrons. The predicted molar refractivity (Wildman–Crippen MR) is 93.5 cm³/mol. The number of hydrogen-bond acceptors (Lipinski definition) is 3. The molecule has 0 amide bonds. The summed E-state index contributed by atoms with van der Waals surface area (Å²) in [6.07, 6.45) is 3.53. The van der Waals surface area contributed by atoms with E-state index in [0.717, 1.165) is 30.7 Å². The fourth-order valence-electron chi connectivity index (χ4n) is 3.91. The molecule has 0 bridgehead atoms. The maximum absolute atomic E-state index is 12.0. The monoisotopic (exact) mass is 319 g/mol. The van der Waals surface area contributed by atoms with Crippen molar-refractivity contribution in [3.8, 4) is 5.75 Å². The van der Waals surface area contributed by atoms with Crippen molar-refractivity contribution in [3.63, 3.8) is 0 Å². The molecule has 128 valence electrons. The smallest absolute Gasteiger partial charge is 0.326 e. The maximum Gasteiger partial charge on any atom is 0.326 e. The largest absolute Gasteiger partial charge is 0.497 e. The maximum atomic E-state index is 12.0. The summed E-state index contributed by atoms with van der Waals surface area (Å²) in [5.74, 6) is 0.441. The molecular formula is C19H29NO3. The van der Waals surface area contributed by atoms with E-state index >= 15 is 0 Å². The second kappa shape index (κ2) is 6.81. The van der Waals surface area contributed by atoms with Crippen LogP contribution >= 0.6 is 0 Å². The summed E-state index contributed by atoms with van der Waals surface area (Å²) >= 11 is 0. The zero-order valence-electron chi connectivity index (χ0n) is 14.9. The highest BCUT2D eigenvalue weighted by Crippen LogP contribution is 2.46. The Bertz CT molecular complexity index is 568. The minimum Gasteiger partial charge on any atom is -0.497 e. The third-order valence-electron chi connectivity index (χ3n) is 4.91. The molecule has 2 atom stereocenters. The van der Waals surface area contributed by atoms with Crippen LogP contribution in [0.2, 0.25) is 0 Å². The van der Waals surface area contributed by atoms with E-state index in [1.54, 1.807) is 7.11 Å². The van der Waals surface area contributed by atoms with Gasteiger partial charge in [-0.1, -0.05) is 32.8 Å². The number of ether oxygens (including phenoxy) is 1. The molecule has 1 N–H and O–H groups in total. The summed E-state index contributed by atoms with van der Waals surface area (Å²) in [7, 11) is 1.65. The molecule has 1 aliphatic heterocycles. The van der Waals surface area contributed by atoms with E-state index in [-0.39, 0.29) is 5.54 Å². The first-order chi connectivity index (χ1) is 10.8. The number of carboxylic acids is 1. The number of nitrogens with zero attached hydrogens (tertiary/aromatic N) is 1. The lowest BCUT2D eigenvalue weighted by atomic mass is 9.78. The molecule has 4 heteroatoms. The lowest BCUT2D eigenvalue weighted by Gasteiger charge is -2.50. The average molecular weight is 319 g/mol. The standard InChI is InChI=1S/C19H29NO3/c1-6-7-8-16(18(21)22)20-17-11-14(23-5)9-10-15(17)13(2)12-19(20,3)4/h9-11,13,16H,6-8,12H2,1-5H3,(H,21,22)/t13-,16+/m1/s1. The summed E-state index contributed by atoms with van der Waals surface area (Å²) < 4.78 is 5.38. The number of rotatable bonds is 6. The zero-order chi connectivity index (χ0) is 17.2. The van der Waals surface area contributed by atoms with Gasteiger partial charge in [-0.05, 0) is 44.2 Å². The highest BCUT2D eigenvalue weighted by molar-refractivity contribution is 5.80. The van der Waals surface area contributed by atoms with Crippen molar-refractivity contribution in [1.82, 2.24) is 0 Å². The summed E-state index contributed by atoms with van der Waals surface area (Å²) in [6.45, 7) is 8.60. The van der Waals surface area contributed by atoms with Gasteiger partial charge in [0.25, 0.3) is 0 Å². The lowest BCUT2D eigenvalue weighted by Crippen LogP contribution is -2.56. The normalized spacial score (nSPS) is 20.7. The van der Waals surface area contributed by atoms with E-state index in [1.807, 2.05) is 12.1 Å². The van der Waals surface area contributed by atoms with Crippen LogP contribution in [0.5, 0.6) is 5.75 Å². The molecule has 0 aromatic heterocycles. The van der Waals surface area contributed by atoms with Crippen molar-refractivity contribution in [3.05, 3.63) is 23.8 Å². The minimum absolute atomic E-state index is 0.199. The van der Waals surface area contributed by atoms with Crippen molar-refractivity contribution < 1.29 is 14.6 Å². The molecule has 1 aromatic rings. The van der Waals surface area contributed by atoms with Crippen molar-refractivity contribution in [2.24, 2.45) is 0 Å². The van der Waals surface area contributed by atoms with Gasteiger partial charge in [0.05, 0.1) is 7.11 Å². The van der Waals surface area contributed by atoms with Gasteiger partial charge in [-0.3, -0.25) is 0 Å². The van der Waals surface area contributed by atoms with E-state index in [4.69, 9.17) is 4.74 Å². The number of aliphatic carboxylic acids is 1. The summed E-state index contributed by atoms with van der Waals surface area (Å²) in [5, 5.41) is 9.83. The van der Waals surface area contributed by atoms with Gasteiger partial charge in [-0.15, -0.1) is 0 Å². The summed E-state index contributed by atoms with van der Waals surface area (Å²) in [4.78, 5) is 14.1. The Hall–Kier alpha value is -1.71. The molecule has 1 aliphatic rings. The van der Waals surface area contributed by atoms with Crippen molar-refractivity contribution in [1.29, 1.82) is 0 Å². The first kappa shape index (κ1) is 17.6. The van der Waals surface area contributed by atoms with Gasteiger partial charge in [-0.25, -0.2) is 4.79 Å². The first-order valence-corrected chi connectivity index (χ1v) is 8.52. The second-order valence-electron chi connectivity index (χ2n) is 7.21. The average Bonchev–Trinajstić information content (AvgIpc) is 2.48. The third-order valence-corrected chi connectivity index (χ3v) is 4.91. The van der Waals surface area contributed by atoms with Crippen molar-refractivity contribution >= 4 is 11.7 Å². The Labute approximate surface area is 139 Å². The number of anilines is 1. The van der Waals surface area contributed by atoms with Crippen LogP contribution in [-0.4, -0.2) is 29.8 Å². The fourth-order valence-corrected chi connectivity index (χ4v) is 3.91.